The van der Waals surface area contributed by atoms with Crippen molar-refractivity contribution in [2.75, 3.05) is 13.1 Å². The van der Waals surface area contributed by atoms with Gasteiger partial charge in [0, 0.05) is 31.2 Å². The van der Waals surface area contributed by atoms with Gasteiger partial charge >= 0.3 is 0 Å². The Morgan fingerprint density at radius 1 is 1.30 bits per heavy atom. The van der Waals surface area contributed by atoms with Crippen molar-refractivity contribution in [2.45, 2.75) is 45.7 Å². The summed E-state index contributed by atoms with van der Waals surface area (Å²) in [6, 6.07) is 1.79. The lowest BCUT2D eigenvalue weighted by molar-refractivity contribution is 0.0704. The van der Waals surface area contributed by atoms with Crippen LogP contribution in [0.1, 0.15) is 53.5 Å². The second-order valence-corrected chi connectivity index (χ2v) is 6.81. The van der Waals surface area contributed by atoms with Crippen LogP contribution in [0.25, 0.3) is 0 Å². The number of carbonyl (C=O) groups is 1. The van der Waals surface area contributed by atoms with E-state index in [1.807, 2.05) is 11.8 Å². The molecule has 10 nitrogen and oxygen atoms in total. The molecule has 27 heavy (non-hydrogen) atoms. The predicted octanol–water partition coefficient (Wildman–Crippen LogP) is 0.989. The van der Waals surface area contributed by atoms with E-state index < -0.39 is 0 Å². The van der Waals surface area contributed by atoms with Gasteiger partial charge in [0.05, 0.1) is 0 Å². The minimum atomic E-state index is -0.0124. The molecule has 0 atom stereocenters. The summed E-state index contributed by atoms with van der Waals surface area (Å²) in [7, 11) is 0. The van der Waals surface area contributed by atoms with E-state index >= 15 is 0 Å². The smallest absolute Gasteiger partial charge is 0.274 e. The number of aryl methyl sites for hydroxylation is 1. The fourth-order valence-electron chi connectivity index (χ4n) is 3.60. The summed E-state index contributed by atoms with van der Waals surface area (Å²) in [5.41, 5.74) is 1.38. The van der Waals surface area contributed by atoms with E-state index in [0.29, 0.717) is 31.2 Å². The highest BCUT2D eigenvalue weighted by atomic mass is 16.2. The number of hydrogen-bond donors (Lipinski definition) is 1. The van der Waals surface area contributed by atoms with Gasteiger partial charge in [-0.2, -0.15) is 10.2 Å². The SMILES string of the molecule is CCn1c(Cn2cncn2)nnc1C1CCN(C(=O)c2cc(C)[nH]n2)CC1. The highest BCUT2D eigenvalue weighted by molar-refractivity contribution is 5.92. The van der Waals surface area contributed by atoms with Crippen molar-refractivity contribution in [3.05, 3.63) is 41.8 Å². The molecule has 0 aliphatic carbocycles. The summed E-state index contributed by atoms with van der Waals surface area (Å²) in [5, 5.41) is 19.9. The number of hydrogen-bond acceptors (Lipinski definition) is 6. The van der Waals surface area contributed by atoms with Crippen LogP contribution in [0.2, 0.25) is 0 Å². The average Bonchev–Trinajstić information content (AvgIpc) is 3.43. The molecule has 0 saturated carbocycles. The van der Waals surface area contributed by atoms with E-state index in [1.165, 1.54) is 6.33 Å². The Hall–Kier alpha value is -3.04. The molecule has 142 valence electrons. The van der Waals surface area contributed by atoms with E-state index in [-0.39, 0.29) is 5.91 Å². The third kappa shape index (κ3) is 3.46. The van der Waals surface area contributed by atoms with Crippen LogP contribution in [-0.2, 0) is 13.1 Å². The van der Waals surface area contributed by atoms with Gasteiger partial charge in [-0.25, -0.2) is 9.67 Å². The van der Waals surface area contributed by atoms with Crippen LogP contribution >= 0.6 is 0 Å². The third-order valence-corrected chi connectivity index (χ3v) is 5.01. The molecule has 0 radical (unpaired) electrons. The fraction of sp³-hybridized carbons (Fsp3) is 0.529. The van der Waals surface area contributed by atoms with Crippen molar-refractivity contribution in [3.63, 3.8) is 0 Å². The number of carbonyl (C=O) groups excluding carboxylic acids is 1. The third-order valence-electron chi connectivity index (χ3n) is 5.01. The molecule has 3 aromatic heterocycles. The molecular weight excluding hydrogens is 346 g/mol. The van der Waals surface area contributed by atoms with Crippen molar-refractivity contribution in [1.29, 1.82) is 0 Å². The molecule has 0 spiro atoms. The Kier molecular flexibility index (Phi) is 4.69. The highest BCUT2D eigenvalue weighted by Gasteiger charge is 2.29. The van der Waals surface area contributed by atoms with Crippen LogP contribution in [0, 0.1) is 6.92 Å². The van der Waals surface area contributed by atoms with E-state index in [9.17, 15) is 4.79 Å². The molecule has 1 saturated heterocycles. The minimum absolute atomic E-state index is 0.0124. The van der Waals surface area contributed by atoms with Crippen LogP contribution in [-0.4, -0.2) is 63.6 Å². The monoisotopic (exact) mass is 369 g/mol. The molecule has 1 fully saturated rings. The minimum Gasteiger partial charge on any atom is -0.337 e. The first-order chi connectivity index (χ1) is 13.2. The molecule has 4 heterocycles. The zero-order valence-corrected chi connectivity index (χ0v) is 15.5. The van der Waals surface area contributed by atoms with Gasteiger partial charge in [0.1, 0.15) is 30.7 Å². The Balaban J connectivity index is 1.43. The Morgan fingerprint density at radius 2 is 2.11 bits per heavy atom. The number of aromatic amines is 1. The number of nitrogens with zero attached hydrogens (tertiary/aromatic N) is 8. The normalized spacial score (nSPS) is 15.4. The lowest BCUT2D eigenvalue weighted by atomic mass is 9.95. The summed E-state index contributed by atoms with van der Waals surface area (Å²) >= 11 is 0. The fourth-order valence-corrected chi connectivity index (χ4v) is 3.60. The van der Waals surface area contributed by atoms with Crippen molar-refractivity contribution >= 4 is 5.91 Å². The molecule has 1 aliphatic rings. The van der Waals surface area contributed by atoms with Crippen molar-refractivity contribution in [1.82, 2.24) is 44.6 Å². The van der Waals surface area contributed by atoms with E-state index in [4.69, 9.17) is 0 Å². The largest absolute Gasteiger partial charge is 0.337 e. The number of likely N-dealkylation sites (tertiary alicyclic amines) is 1. The van der Waals surface area contributed by atoms with E-state index in [1.54, 1.807) is 17.1 Å². The zero-order chi connectivity index (χ0) is 18.8. The summed E-state index contributed by atoms with van der Waals surface area (Å²) < 4.78 is 3.90. The first-order valence-corrected chi connectivity index (χ1v) is 9.21. The van der Waals surface area contributed by atoms with Gasteiger partial charge in [0.25, 0.3) is 5.91 Å². The molecule has 0 bridgehead atoms. The summed E-state index contributed by atoms with van der Waals surface area (Å²) in [6.07, 6.45) is 4.93. The standard InChI is InChI=1S/C17H23N9O/c1-3-26-15(9-25-11-18-10-19-25)22-23-16(26)13-4-6-24(7-5-13)17(27)14-8-12(2)20-21-14/h8,10-11,13H,3-7,9H2,1-2H3,(H,20,21). The molecule has 0 aromatic carbocycles. The summed E-state index contributed by atoms with van der Waals surface area (Å²) in [4.78, 5) is 18.4. The van der Waals surface area contributed by atoms with E-state index in [0.717, 1.165) is 36.7 Å². The van der Waals surface area contributed by atoms with Crippen LogP contribution in [0.4, 0.5) is 0 Å². The maximum absolute atomic E-state index is 12.6. The molecule has 3 aromatic rings. The molecule has 0 unspecified atom stereocenters. The van der Waals surface area contributed by atoms with Gasteiger partial charge in [-0.3, -0.25) is 9.89 Å². The quantitative estimate of drug-likeness (QED) is 0.718. The van der Waals surface area contributed by atoms with Crippen LogP contribution in [0.3, 0.4) is 0 Å². The zero-order valence-electron chi connectivity index (χ0n) is 15.5. The lowest BCUT2D eigenvalue weighted by Gasteiger charge is -2.31. The Morgan fingerprint density at radius 3 is 2.74 bits per heavy atom. The second kappa shape index (κ2) is 7.29. The topological polar surface area (TPSA) is 110 Å². The molecule has 1 aliphatic heterocycles. The molecule has 1 amide bonds. The highest BCUT2D eigenvalue weighted by Crippen LogP contribution is 2.28. The molecule has 4 rings (SSSR count). The first kappa shape index (κ1) is 17.4. The Labute approximate surface area is 156 Å². The number of nitrogens with one attached hydrogen (secondary N) is 1. The van der Waals surface area contributed by atoms with Crippen LogP contribution < -0.4 is 0 Å². The first-order valence-electron chi connectivity index (χ1n) is 9.21. The molecular formula is C17H23N9O. The van der Waals surface area contributed by atoms with Gasteiger partial charge in [0.15, 0.2) is 5.82 Å². The second-order valence-electron chi connectivity index (χ2n) is 6.81. The summed E-state index contributed by atoms with van der Waals surface area (Å²) in [6.45, 7) is 6.74. The summed E-state index contributed by atoms with van der Waals surface area (Å²) in [5.74, 6) is 2.16. The van der Waals surface area contributed by atoms with Crippen LogP contribution in [0.15, 0.2) is 18.7 Å². The maximum Gasteiger partial charge on any atom is 0.274 e. The van der Waals surface area contributed by atoms with Crippen molar-refractivity contribution in [3.8, 4) is 0 Å². The average molecular weight is 369 g/mol. The van der Waals surface area contributed by atoms with Gasteiger partial charge < -0.3 is 9.47 Å². The molecule has 1 N–H and O–H groups in total. The van der Waals surface area contributed by atoms with E-state index in [2.05, 4.69) is 42.0 Å². The van der Waals surface area contributed by atoms with Gasteiger partial charge in [0.2, 0.25) is 0 Å². The maximum atomic E-state index is 12.6. The number of rotatable bonds is 5. The van der Waals surface area contributed by atoms with Gasteiger partial charge in [-0.15, -0.1) is 10.2 Å². The number of aromatic nitrogens is 8. The molecule has 10 heteroatoms. The number of piperidine rings is 1. The van der Waals surface area contributed by atoms with Crippen LogP contribution in [0.5, 0.6) is 0 Å². The predicted molar refractivity (Wildman–Crippen MR) is 96.0 cm³/mol. The number of H-pyrrole nitrogens is 1. The van der Waals surface area contributed by atoms with Gasteiger partial charge in [-0.05, 0) is 32.8 Å². The van der Waals surface area contributed by atoms with Gasteiger partial charge in [-0.1, -0.05) is 0 Å². The lowest BCUT2D eigenvalue weighted by Crippen LogP contribution is -2.38. The van der Waals surface area contributed by atoms with Crippen molar-refractivity contribution in [2.24, 2.45) is 0 Å². The Bertz CT molecular complexity index is 903. The number of amides is 1. The van der Waals surface area contributed by atoms with Crippen molar-refractivity contribution < 1.29 is 4.79 Å².